The van der Waals surface area contributed by atoms with E-state index < -0.39 is 35.4 Å². The van der Waals surface area contributed by atoms with Crippen LogP contribution in [0.3, 0.4) is 0 Å². The van der Waals surface area contributed by atoms with E-state index in [1.54, 1.807) is 11.8 Å². The Morgan fingerprint density at radius 1 is 0.973 bits per heavy atom. The van der Waals surface area contributed by atoms with Crippen molar-refractivity contribution in [1.82, 2.24) is 4.98 Å². The van der Waals surface area contributed by atoms with E-state index in [-0.39, 0.29) is 39.5 Å². The van der Waals surface area contributed by atoms with Crippen molar-refractivity contribution in [3.8, 4) is 0 Å². The number of hydrogen-bond donors (Lipinski definition) is 1. The van der Waals surface area contributed by atoms with Crippen LogP contribution in [0.4, 0.5) is 18.9 Å². The van der Waals surface area contributed by atoms with Crippen LogP contribution < -0.4 is 9.77 Å². The number of thiazole rings is 1. The number of H-pyrrole nitrogens is 1. The van der Waals surface area contributed by atoms with Crippen molar-refractivity contribution in [2.75, 3.05) is 4.90 Å². The van der Waals surface area contributed by atoms with Crippen LogP contribution in [0.5, 0.6) is 0 Å². The molecule has 37 heavy (non-hydrogen) atoms. The molecule has 2 aromatic carbocycles. The molecule has 7 atom stereocenters. The molecule has 2 aliphatic heterocycles. The SMILES string of the molecule is O=C1C2C3CC(C2C(=O)N1c1cccc(C(F)(F)F)c1)C1C(c2cccc(Br)c2)c2sc(=O)[nH]c2SC31. The number of anilines is 1. The largest absolute Gasteiger partial charge is 0.416 e. The average molecular weight is 607 g/mol. The number of fused-ring (bicyclic) bond motifs is 9. The number of carbonyl (C=O) groups excluding carboxylic acids is 2. The Kier molecular flexibility index (Phi) is 5.17. The van der Waals surface area contributed by atoms with Gasteiger partial charge in [0.15, 0.2) is 0 Å². The van der Waals surface area contributed by atoms with Crippen molar-refractivity contribution in [3.63, 3.8) is 0 Å². The third-order valence-corrected chi connectivity index (χ3v) is 11.4. The van der Waals surface area contributed by atoms with E-state index in [0.29, 0.717) is 0 Å². The number of alkyl halides is 3. The number of aromatic amines is 1. The Morgan fingerprint density at radius 3 is 2.43 bits per heavy atom. The first kappa shape index (κ1) is 23.7. The van der Waals surface area contributed by atoms with E-state index >= 15 is 0 Å². The first-order valence-electron chi connectivity index (χ1n) is 11.8. The number of carbonyl (C=O) groups is 2. The Hall–Kier alpha value is -2.37. The van der Waals surface area contributed by atoms with Crippen LogP contribution in [0.2, 0.25) is 0 Å². The number of nitrogens with zero attached hydrogens (tertiary/aromatic N) is 1. The highest BCUT2D eigenvalue weighted by molar-refractivity contribution is 9.10. The van der Waals surface area contributed by atoms with E-state index in [9.17, 15) is 27.6 Å². The van der Waals surface area contributed by atoms with Gasteiger partial charge in [0.1, 0.15) is 0 Å². The van der Waals surface area contributed by atoms with Crippen LogP contribution in [-0.4, -0.2) is 22.0 Å². The highest BCUT2D eigenvalue weighted by atomic mass is 79.9. The van der Waals surface area contributed by atoms with Crippen molar-refractivity contribution >= 4 is 56.5 Å². The van der Waals surface area contributed by atoms with Gasteiger partial charge in [-0.25, -0.2) is 0 Å². The van der Waals surface area contributed by atoms with E-state index in [4.69, 9.17) is 0 Å². The molecule has 11 heteroatoms. The molecule has 2 aliphatic carbocycles. The maximum Gasteiger partial charge on any atom is 0.416 e. The Morgan fingerprint density at radius 2 is 1.70 bits per heavy atom. The summed E-state index contributed by atoms with van der Waals surface area (Å²) in [5.41, 5.74) is 0.121. The quantitative estimate of drug-likeness (QED) is 0.369. The van der Waals surface area contributed by atoms with Gasteiger partial charge in [0.05, 0.1) is 28.1 Å². The third kappa shape index (κ3) is 3.39. The van der Waals surface area contributed by atoms with Gasteiger partial charge in [0.2, 0.25) is 11.8 Å². The molecule has 0 spiro atoms. The lowest BCUT2D eigenvalue weighted by atomic mass is 9.68. The molecular weight excluding hydrogens is 589 g/mol. The van der Waals surface area contributed by atoms with Crippen LogP contribution in [-0.2, 0) is 15.8 Å². The molecule has 1 saturated heterocycles. The number of imide groups is 1. The first-order valence-corrected chi connectivity index (χ1v) is 14.3. The van der Waals surface area contributed by atoms with Crippen molar-refractivity contribution in [3.05, 3.63) is 78.7 Å². The lowest BCUT2D eigenvalue weighted by Gasteiger charge is -2.43. The Balaban J connectivity index is 1.31. The lowest BCUT2D eigenvalue weighted by molar-refractivity contribution is -0.137. The minimum absolute atomic E-state index is 0.0196. The van der Waals surface area contributed by atoms with Gasteiger partial charge in [0, 0.05) is 20.5 Å². The summed E-state index contributed by atoms with van der Waals surface area (Å²) in [4.78, 5) is 44.5. The van der Waals surface area contributed by atoms with Crippen molar-refractivity contribution in [1.29, 1.82) is 0 Å². The highest BCUT2D eigenvalue weighted by Gasteiger charge is 2.69. The molecule has 7 unspecified atom stereocenters. The second-order valence-electron chi connectivity index (χ2n) is 10.1. The van der Waals surface area contributed by atoms with Gasteiger partial charge >= 0.3 is 11.0 Å². The summed E-state index contributed by atoms with van der Waals surface area (Å²) in [7, 11) is 0. The molecule has 0 radical (unpaired) electrons. The molecule has 190 valence electrons. The average Bonchev–Trinajstić information content (AvgIpc) is 3.57. The van der Waals surface area contributed by atoms with Gasteiger partial charge in [0.25, 0.3) is 0 Å². The highest BCUT2D eigenvalue weighted by Crippen LogP contribution is 2.68. The summed E-state index contributed by atoms with van der Waals surface area (Å²) >= 11 is 6.32. The fourth-order valence-electron chi connectivity index (χ4n) is 7.17. The lowest BCUT2D eigenvalue weighted by Crippen LogP contribution is -2.42. The van der Waals surface area contributed by atoms with Gasteiger partial charge in [-0.05, 0) is 60.1 Å². The summed E-state index contributed by atoms with van der Waals surface area (Å²) < 4.78 is 41.0. The molecular formula is C26H18BrF3N2O3S2. The molecule has 4 aliphatic rings. The molecule has 1 aromatic heterocycles. The predicted octanol–water partition coefficient (Wildman–Crippen LogP) is 5.90. The monoisotopic (exact) mass is 606 g/mol. The van der Waals surface area contributed by atoms with E-state index in [1.807, 2.05) is 24.3 Å². The summed E-state index contributed by atoms with van der Waals surface area (Å²) in [5.74, 6) is -2.23. The summed E-state index contributed by atoms with van der Waals surface area (Å²) in [6.45, 7) is 0. The number of aromatic nitrogens is 1. The van der Waals surface area contributed by atoms with Gasteiger partial charge in [-0.1, -0.05) is 45.5 Å². The van der Waals surface area contributed by atoms with Crippen molar-refractivity contribution in [2.45, 2.75) is 28.8 Å². The molecule has 7 rings (SSSR count). The third-order valence-electron chi connectivity index (χ3n) is 8.36. The fourth-order valence-corrected chi connectivity index (χ4v) is 10.5. The zero-order valence-corrected chi connectivity index (χ0v) is 22.1. The number of nitrogens with one attached hydrogen (secondary N) is 1. The number of halogens is 4. The fraction of sp³-hybridized carbons (Fsp3) is 0.346. The van der Waals surface area contributed by atoms with Crippen LogP contribution in [0.25, 0.3) is 0 Å². The van der Waals surface area contributed by atoms with Crippen molar-refractivity contribution < 1.29 is 22.8 Å². The van der Waals surface area contributed by atoms with Crippen LogP contribution >= 0.6 is 39.0 Å². The summed E-state index contributed by atoms with van der Waals surface area (Å²) in [5, 5.41) is 0.836. The minimum Gasteiger partial charge on any atom is -0.307 e. The van der Waals surface area contributed by atoms with Gasteiger partial charge < -0.3 is 4.98 Å². The smallest absolute Gasteiger partial charge is 0.307 e. The van der Waals surface area contributed by atoms with Gasteiger partial charge in [-0.3, -0.25) is 19.3 Å². The number of rotatable bonds is 2. The van der Waals surface area contributed by atoms with Crippen LogP contribution in [0.15, 0.2) is 62.8 Å². The molecule has 1 N–H and O–H groups in total. The maximum absolute atomic E-state index is 13.7. The van der Waals surface area contributed by atoms with Gasteiger partial charge in [-0.15, -0.1) is 11.8 Å². The number of benzene rings is 2. The van der Waals surface area contributed by atoms with E-state index in [2.05, 4.69) is 20.9 Å². The first-order chi connectivity index (χ1) is 17.6. The Bertz CT molecular complexity index is 1540. The second kappa shape index (κ2) is 8.07. The zero-order chi connectivity index (χ0) is 25.8. The molecule has 2 bridgehead atoms. The molecule has 2 amide bonds. The van der Waals surface area contributed by atoms with Crippen molar-refractivity contribution in [2.24, 2.45) is 29.6 Å². The standard InChI is InChI=1S/C26H18BrF3N2O3S2/c27-12-5-1-3-10(7-12)16-17-14-9-15(20(17)36-22-21(16)37-25(35)31-22)19-18(14)23(33)32(24(19)34)13-6-2-4-11(8-13)26(28,29)30/h1-8,14-20H,9H2,(H,31,35). The number of amides is 2. The maximum atomic E-state index is 13.7. The molecule has 2 saturated carbocycles. The normalized spacial score (nSPS) is 32.0. The molecule has 5 nitrogen and oxygen atoms in total. The second-order valence-corrected chi connectivity index (χ2v) is 13.2. The number of thioether (sulfide) groups is 1. The van der Waals surface area contributed by atoms with E-state index in [1.165, 1.54) is 23.5 Å². The van der Waals surface area contributed by atoms with Crippen LogP contribution in [0.1, 0.15) is 28.3 Å². The van der Waals surface area contributed by atoms with Crippen LogP contribution in [0, 0.1) is 29.6 Å². The van der Waals surface area contributed by atoms with E-state index in [0.717, 1.165) is 43.4 Å². The summed E-state index contributed by atoms with van der Waals surface area (Å²) in [6, 6.07) is 12.4. The zero-order valence-electron chi connectivity index (χ0n) is 18.9. The minimum atomic E-state index is -4.58. The van der Waals surface area contributed by atoms with Gasteiger partial charge in [-0.2, -0.15) is 13.2 Å². The number of hydrogen-bond acceptors (Lipinski definition) is 5. The molecule has 3 heterocycles. The summed E-state index contributed by atoms with van der Waals surface area (Å²) in [6.07, 6.45) is -3.86. The Labute approximate surface area is 225 Å². The predicted molar refractivity (Wildman–Crippen MR) is 137 cm³/mol. The topological polar surface area (TPSA) is 70.2 Å². The molecule has 3 fully saturated rings. The molecule has 3 aromatic rings.